The first kappa shape index (κ1) is 14.4. The van der Waals surface area contributed by atoms with E-state index in [4.69, 9.17) is 0 Å². The maximum absolute atomic E-state index is 4.52. The third-order valence-electron chi connectivity index (χ3n) is 3.82. The molecule has 1 aliphatic rings. The molecule has 0 aromatic carbocycles. The number of imidazole rings is 1. The van der Waals surface area contributed by atoms with Crippen molar-refractivity contribution in [1.29, 1.82) is 0 Å². The molecule has 1 aromatic heterocycles. The van der Waals surface area contributed by atoms with E-state index in [1.165, 1.54) is 12.8 Å². The van der Waals surface area contributed by atoms with Crippen molar-refractivity contribution in [3.63, 3.8) is 0 Å². The summed E-state index contributed by atoms with van der Waals surface area (Å²) in [6.45, 7) is 12.3. The predicted octanol–water partition coefficient (Wildman–Crippen LogP) is 2.37. The van der Waals surface area contributed by atoms with Crippen LogP contribution < -0.4 is 10.2 Å². The van der Waals surface area contributed by atoms with Gasteiger partial charge in [-0.25, -0.2) is 4.98 Å². The Morgan fingerprint density at radius 1 is 1.47 bits per heavy atom. The van der Waals surface area contributed by atoms with E-state index in [2.05, 4.69) is 46.7 Å². The van der Waals surface area contributed by atoms with Gasteiger partial charge in [0.15, 0.2) is 0 Å². The molecule has 0 amide bonds. The molecule has 2 heterocycles. The molecule has 1 aliphatic heterocycles. The number of nitrogens with one attached hydrogen (secondary N) is 1. The Morgan fingerprint density at radius 2 is 2.32 bits per heavy atom. The van der Waals surface area contributed by atoms with Crippen molar-refractivity contribution in [1.82, 2.24) is 14.9 Å². The van der Waals surface area contributed by atoms with Crippen LogP contribution in [0.3, 0.4) is 0 Å². The van der Waals surface area contributed by atoms with Crippen LogP contribution in [0.25, 0.3) is 0 Å². The van der Waals surface area contributed by atoms with E-state index >= 15 is 0 Å². The fraction of sp³-hybridized carbons (Fsp3) is 0.800. The molecule has 0 radical (unpaired) electrons. The monoisotopic (exact) mass is 264 g/mol. The highest BCUT2D eigenvalue weighted by atomic mass is 15.3. The first-order valence-corrected chi connectivity index (χ1v) is 7.67. The standard InChI is InChI=1S/C15H28N4/c1-4-18-9-7-17-15(18)19-8-5-6-14(12-19)11-16-10-13(2)3/h7,9,13-14,16H,4-6,8,10-12H2,1-3H3. The summed E-state index contributed by atoms with van der Waals surface area (Å²) < 4.78 is 2.24. The second kappa shape index (κ2) is 6.94. The van der Waals surface area contributed by atoms with E-state index in [0.717, 1.165) is 50.5 Å². The summed E-state index contributed by atoms with van der Waals surface area (Å²) in [5, 5.41) is 3.60. The van der Waals surface area contributed by atoms with Gasteiger partial charge in [0.2, 0.25) is 5.95 Å². The summed E-state index contributed by atoms with van der Waals surface area (Å²) >= 11 is 0. The number of hydrogen-bond donors (Lipinski definition) is 1. The van der Waals surface area contributed by atoms with Crippen LogP contribution in [0.4, 0.5) is 5.95 Å². The lowest BCUT2D eigenvalue weighted by Crippen LogP contribution is -2.41. The Labute approximate surface area is 117 Å². The van der Waals surface area contributed by atoms with E-state index in [-0.39, 0.29) is 0 Å². The average Bonchev–Trinajstić information content (AvgIpc) is 2.87. The van der Waals surface area contributed by atoms with Gasteiger partial charge in [0.1, 0.15) is 0 Å². The molecule has 0 bridgehead atoms. The second-order valence-electron chi connectivity index (χ2n) is 6.02. The molecule has 1 N–H and O–H groups in total. The minimum Gasteiger partial charge on any atom is -0.342 e. The lowest BCUT2D eigenvalue weighted by molar-refractivity contribution is 0.378. The highest BCUT2D eigenvalue weighted by molar-refractivity contribution is 5.32. The van der Waals surface area contributed by atoms with Gasteiger partial charge in [-0.15, -0.1) is 0 Å². The normalized spacial score (nSPS) is 20.2. The molecule has 19 heavy (non-hydrogen) atoms. The van der Waals surface area contributed by atoms with Crippen LogP contribution in [-0.2, 0) is 6.54 Å². The molecule has 1 unspecified atom stereocenters. The maximum Gasteiger partial charge on any atom is 0.205 e. The molecule has 0 aliphatic carbocycles. The molecule has 1 atom stereocenters. The minimum absolute atomic E-state index is 0.735. The number of rotatable bonds is 6. The smallest absolute Gasteiger partial charge is 0.205 e. The van der Waals surface area contributed by atoms with Crippen molar-refractivity contribution in [2.24, 2.45) is 11.8 Å². The van der Waals surface area contributed by atoms with Gasteiger partial charge in [-0.05, 0) is 44.7 Å². The van der Waals surface area contributed by atoms with Crippen LogP contribution >= 0.6 is 0 Å². The fourth-order valence-electron chi connectivity index (χ4n) is 2.82. The molecule has 2 rings (SSSR count). The number of anilines is 1. The van der Waals surface area contributed by atoms with Crippen molar-refractivity contribution in [3.05, 3.63) is 12.4 Å². The number of piperidine rings is 1. The number of nitrogens with zero attached hydrogens (tertiary/aromatic N) is 3. The number of aryl methyl sites for hydroxylation is 1. The molecule has 0 saturated carbocycles. The summed E-state index contributed by atoms with van der Waals surface area (Å²) in [4.78, 5) is 6.98. The zero-order chi connectivity index (χ0) is 13.7. The molecule has 108 valence electrons. The third kappa shape index (κ3) is 3.96. The molecular formula is C15H28N4. The van der Waals surface area contributed by atoms with E-state index in [1.54, 1.807) is 0 Å². The Morgan fingerprint density at radius 3 is 3.05 bits per heavy atom. The molecule has 4 nitrogen and oxygen atoms in total. The van der Waals surface area contributed by atoms with E-state index in [9.17, 15) is 0 Å². The lowest BCUT2D eigenvalue weighted by Gasteiger charge is -2.34. The van der Waals surface area contributed by atoms with Crippen LogP contribution in [0, 0.1) is 11.8 Å². The molecular weight excluding hydrogens is 236 g/mol. The van der Waals surface area contributed by atoms with Crippen LogP contribution in [0.1, 0.15) is 33.6 Å². The van der Waals surface area contributed by atoms with Gasteiger partial charge < -0.3 is 14.8 Å². The van der Waals surface area contributed by atoms with Crippen molar-refractivity contribution in [2.75, 3.05) is 31.1 Å². The topological polar surface area (TPSA) is 33.1 Å². The highest BCUT2D eigenvalue weighted by Crippen LogP contribution is 2.21. The van der Waals surface area contributed by atoms with Gasteiger partial charge in [0.25, 0.3) is 0 Å². The number of aromatic nitrogens is 2. The summed E-state index contributed by atoms with van der Waals surface area (Å²) in [5.74, 6) is 2.64. The molecule has 1 fully saturated rings. The van der Waals surface area contributed by atoms with Crippen molar-refractivity contribution in [3.8, 4) is 0 Å². The Kier molecular flexibility index (Phi) is 5.25. The zero-order valence-electron chi connectivity index (χ0n) is 12.6. The van der Waals surface area contributed by atoms with Gasteiger partial charge in [0, 0.05) is 32.0 Å². The van der Waals surface area contributed by atoms with E-state index in [1.807, 2.05) is 6.20 Å². The van der Waals surface area contributed by atoms with Gasteiger partial charge in [-0.1, -0.05) is 13.8 Å². The summed E-state index contributed by atoms with van der Waals surface area (Å²) in [6, 6.07) is 0. The summed E-state index contributed by atoms with van der Waals surface area (Å²) in [6.07, 6.45) is 6.62. The van der Waals surface area contributed by atoms with Gasteiger partial charge >= 0.3 is 0 Å². The van der Waals surface area contributed by atoms with Crippen molar-refractivity contribution >= 4 is 5.95 Å². The largest absolute Gasteiger partial charge is 0.342 e. The van der Waals surface area contributed by atoms with Gasteiger partial charge in [-0.2, -0.15) is 0 Å². The van der Waals surface area contributed by atoms with Gasteiger partial charge in [0.05, 0.1) is 0 Å². The van der Waals surface area contributed by atoms with Crippen LogP contribution in [0.2, 0.25) is 0 Å². The van der Waals surface area contributed by atoms with Crippen LogP contribution in [-0.4, -0.2) is 35.7 Å². The van der Waals surface area contributed by atoms with Crippen LogP contribution in [0.5, 0.6) is 0 Å². The predicted molar refractivity (Wildman–Crippen MR) is 80.5 cm³/mol. The maximum atomic E-state index is 4.52. The Balaban J connectivity index is 1.86. The summed E-state index contributed by atoms with van der Waals surface area (Å²) in [7, 11) is 0. The highest BCUT2D eigenvalue weighted by Gasteiger charge is 2.22. The fourth-order valence-corrected chi connectivity index (χ4v) is 2.82. The molecule has 0 spiro atoms. The first-order valence-electron chi connectivity index (χ1n) is 7.67. The lowest BCUT2D eigenvalue weighted by atomic mass is 9.98. The third-order valence-corrected chi connectivity index (χ3v) is 3.82. The summed E-state index contributed by atoms with van der Waals surface area (Å²) in [5.41, 5.74) is 0. The van der Waals surface area contributed by atoms with Gasteiger partial charge in [-0.3, -0.25) is 0 Å². The molecule has 4 heteroatoms. The minimum atomic E-state index is 0.735. The Bertz CT molecular complexity index is 372. The zero-order valence-corrected chi connectivity index (χ0v) is 12.6. The SMILES string of the molecule is CCn1ccnc1N1CCCC(CNCC(C)C)C1. The van der Waals surface area contributed by atoms with Crippen molar-refractivity contribution in [2.45, 2.75) is 40.2 Å². The van der Waals surface area contributed by atoms with Crippen LogP contribution in [0.15, 0.2) is 12.4 Å². The van der Waals surface area contributed by atoms with Crippen molar-refractivity contribution < 1.29 is 0 Å². The number of hydrogen-bond acceptors (Lipinski definition) is 3. The molecule has 1 saturated heterocycles. The Hall–Kier alpha value is -1.03. The van der Waals surface area contributed by atoms with E-state index in [0.29, 0.717) is 0 Å². The molecule has 1 aromatic rings. The first-order chi connectivity index (χ1) is 9.20. The average molecular weight is 264 g/mol. The quantitative estimate of drug-likeness (QED) is 0.856. The van der Waals surface area contributed by atoms with E-state index < -0.39 is 0 Å². The second-order valence-corrected chi connectivity index (χ2v) is 6.02.